The first-order valence-corrected chi connectivity index (χ1v) is 6.37. The lowest BCUT2D eigenvalue weighted by Crippen LogP contribution is -2.16. The first-order chi connectivity index (χ1) is 9.65. The molecule has 20 heavy (non-hydrogen) atoms. The van der Waals surface area contributed by atoms with Crippen LogP contribution in [-0.2, 0) is 7.05 Å². The Labute approximate surface area is 120 Å². The Balaban J connectivity index is 1.98. The summed E-state index contributed by atoms with van der Waals surface area (Å²) in [6, 6.07) is 11.0. The number of pyridine rings is 1. The molecule has 0 atom stereocenters. The summed E-state index contributed by atoms with van der Waals surface area (Å²) in [7, 11) is 1.75. The average Bonchev–Trinajstić information content (AvgIpc) is 2.84. The van der Waals surface area contributed by atoms with Crippen molar-refractivity contribution in [2.24, 2.45) is 7.05 Å². The highest BCUT2D eigenvalue weighted by Gasteiger charge is 2.12. The monoisotopic (exact) mass is 286 g/mol. The van der Waals surface area contributed by atoms with Crippen molar-refractivity contribution in [1.29, 1.82) is 0 Å². The maximum absolute atomic E-state index is 12.2. The molecule has 3 rings (SSSR count). The zero-order valence-corrected chi connectivity index (χ0v) is 11.4. The van der Waals surface area contributed by atoms with Crippen LogP contribution >= 0.6 is 11.6 Å². The van der Waals surface area contributed by atoms with Crippen LogP contribution in [0.5, 0.6) is 0 Å². The summed E-state index contributed by atoms with van der Waals surface area (Å²) in [5, 5.41) is 8.75. The lowest BCUT2D eigenvalue weighted by molar-refractivity contribution is 0.102. The van der Waals surface area contributed by atoms with Crippen LogP contribution in [0.2, 0.25) is 5.15 Å². The van der Waals surface area contributed by atoms with Crippen LogP contribution < -0.4 is 5.32 Å². The fourth-order valence-electron chi connectivity index (χ4n) is 1.95. The molecular weight excluding hydrogens is 276 g/mol. The van der Waals surface area contributed by atoms with Crippen molar-refractivity contribution < 1.29 is 4.79 Å². The minimum atomic E-state index is -0.318. The minimum Gasteiger partial charge on any atom is -0.305 e. The standard InChI is InChI=1S/C14H11ClN4O/c1-19-12(6-7-16-19)18-14(20)11-8-9-4-2-3-5-10(9)13(15)17-11/h2-8H,1H3,(H,18,20). The Morgan fingerprint density at radius 3 is 2.85 bits per heavy atom. The molecule has 0 saturated carbocycles. The van der Waals surface area contributed by atoms with Crippen molar-refractivity contribution in [2.45, 2.75) is 0 Å². The molecule has 5 nitrogen and oxygen atoms in total. The maximum Gasteiger partial charge on any atom is 0.275 e. The number of hydrogen-bond acceptors (Lipinski definition) is 3. The molecule has 0 fully saturated rings. The number of nitrogens with one attached hydrogen (secondary N) is 1. The van der Waals surface area contributed by atoms with Crippen LogP contribution in [0, 0.1) is 0 Å². The summed E-state index contributed by atoms with van der Waals surface area (Å²) in [5.74, 6) is 0.280. The highest BCUT2D eigenvalue weighted by atomic mass is 35.5. The summed E-state index contributed by atoms with van der Waals surface area (Å²) < 4.78 is 1.57. The van der Waals surface area contributed by atoms with Crippen LogP contribution in [-0.4, -0.2) is 20.7 Å². The van der Waals surface area contributed by atoms with Gasteiger partial charge in [0.15, 0.2) is 0 Å². The normalized spacial score (nSPS) is 10.7. The van der Waals surface area contributed by atoms with Crippen molar-refractivity contribution in [1.82, 2.24) is 14.8 Å². The van der Waals surface area contributed by atoms with E-state index in [1.807, 2.05) is 24.3 Å². The quantitative estimate of drug-likeness (QED) is 0.737. The molecule has 0 aliphatic carbocycles. The third-order valence-electron chi connectivity index (χ3n) is 2.99. The minimum absolute atomic E-state index is 0.273. The van der Waals surface area contributed by atoms with E-state index in [1.54, 1.807) is 30.1 Å². The second-order valence-corrected chi connectivity index (χ2v) is 4.67. The van der Waals surface area contributed by atoms with E-state index >= 15 is 0 Å². The van der Waals surface area contributed by atoms with E-state index in [4.69, 9.17) is 11.6 Å². The van der Waals surface area contributed by atoms with Gasteiger partial charge in [0.25, 0.3) is 5.91 Å². The molecule has 6 heteroatoms. The van der Waals surface area contributed by atoms with Gasteiger partial charge in [-0.25, -0.2) is 4.98 Å². The summed E-state index contributed by atoms with van der Waals surface area (Å²) in [4.78, 5) is 16.3. The van der Waals surface area contributed by atoms with E-state index in [0.717, 1.165) is 10.8 Å². The zero-order valence-electron chi connectivity index (χ0n) is 10.7. The Bertz CT molecular complexity index is 797. The highest BCUT2D eigenvalue weighted by molar-refractivity contribution is 6.34. The Morgan fingerprint density at radius 2 is 2.10 bits per heavy atom. The van der Waals surface area contributed by atoms with Gasteiger partial charge >= 0.3 is 0 Å². The number of carbonyl (C=O) groups excluding carboxylic acids is 1. The second kappa shape index (κ2) is 4.94. The smallest absolute Gasteiger partial charge is 0.275 e. The number of halogens is 1. The first-order valence-electron chi connectivity index (χ1n) is 6.00. The van der Waals surface area contributed by atoms with Gasteiger partial charge in [0, 0.05) is 18.5 Å². The molecule has 0 aliphatic heterocycles. The molecule has 0 unspecified atom stereocenters. The zero-order chi connectivity index (χ0) is 14.1. The van der Waals surface area contributed by atoms with Crippen LogP contribution in [0.1, 0.15) is 10.5 Å². The van der Waals surface area contributed by atoms with Crippen molar-refractivity contribution >= 4 is 34.1 Å². The molecule has 1 amide bonds. The van der Waals surface area contributed by atoms with E-state index in [-0.39, 0.29) is 11.6 Å². The molecule has 0 aliphatic rings. The van der Waals surface area contributed by atoms with Crippen molar-refractivity contribution in [3.63, 3.8) is 0 Å². The fourth-order valence-corrected chi connectivity index (χ4v) is 2.21. The molecule has 0 bridgehead atoms. The number of aryl methyl sites for hydroxylation is 1. The number of carbonyl (C=O) groups is 1. The van der Waals surface area contributed by atoms with E-state index in [0.29, 0.717) is 11.0 Å². The van der Waals surface area contributed by atoms with Gasteiger partial charge in [-0.15, -0.1) is 0 Å². The number of benzene rings is 1. The van der Waals surface area contributed by atoms with Gasteiger partial charge in [0.2, 0.25) is 0 Å². The lowest BCUT2D eigenvalue weighted by Gasteiger charge is -2.07. The molecule has 1 N–H and O–H groups in total. The first kappa shape index (κ1) is 12.6. The largest absolute Gasteiger partial charge is 0.305 e. The van der Waals surface area contributed by atoms with Crippen LogP contribution in [0.15, 0.2) is 42.6 Å². The van der Waals surface area contributed by atoms with E-state index < -0.39 is 0 Å². The molecule has 2 heterocycles. The third-order valence-corrected chi connectivity index (χ3v) is 3.28. The van der Waals surface area contributed by atoms with Gasteiger partial charge < -0.3 is 5.32 Å². The summed E-state index contributed by atoms with van der Waals surface area (Å²) >= 11 is 6.11. The molecule has 100 valence electrons. The van der Waals surface area contributed by atoms with Crippen molar-refractivity contribution in [2.75, 3.05) is 5.32 Å². The van der Waals surface area contributed by atoms with Gasteiger partial charge in [0.05, 0.1) is 6.20 Å². The number of anilines is 1. The number of aromatic nitrogens is 3. The van der Waals surface area contributed by atoms with Gasteiger partial charge in [-0.3, -0.25) is 9.48 Å². The molecular formula is C14H11ClN4O. The summed E-state index contributed by atoms with van der Waals surface area (Å²) in [5.41, 5.74) is 0.273. The van der Waals surface area contributed by atoms with Crippen molar-refractivity contribution in [3.8, 4) is 0 Å². The Morgan fingerprint density at radius 1 is 1.30 bits per heavy atom. The lowest BCUT2D eigenvalue weighted by atomic mass is 10.1. The highest BCUT2D eigenvalue weighted by Crippen LogP contribution is 2.22. The van der Waals surface area contributed by atoms with Crippen LogP contribution in [0.4, 0.5) is 5.82 Å². The number of hydrogen-bond donors (Lipinski definition) is 1. The topological polar surface area (TPSA) is 59.8 Å². The van der Waals surface area contributed by atoms with E-state index in [1.165, 1.54) is 0 Å². The Kier molecular flexibility index (Phi) is 3.12. The number of rotatable bonds is 2. The summed E-state index contributed by atoms with van der Waals surface area (Å²) in [6.07, 6.45) is 1.61. The van der Waals surface area contributed by atoms with Gasteiger partial charge in [0.1, 0.15) is 16.7 Å². The predicted octanol–water partition coefficient (Wildman–Crippen LogP) is 2.87. The summed E-state index contributed by atoms with van der Waals surface area (Å²) in [6.45, 7) is 0. The van der Waals surface area contributed by atoms with Gasteiger partial charge in [-0.2, -0.15) is 5.10 Å². The van der Waals surface area contributed by atoms with Gasteiger partial charge in [-0.1, -0.05) is 35.9 Å². The number of amides is 1. The fraction of sp³-hybridized carbons (Fsp3) is 0.0714. The number of nitrogens with zero attached hydrogens (tertiary/aromatic N) is 3. The van der Waals surface area contributed by atoms with Gasteiger partial charge in [-0.05, 0) is 11.5 Å². The van der Waals surface area contributed by atoms with E-state index in [9.17, 15) is 4.79 Å². The molecule has 2 aromatic heterocycles. The van der Waals surface area contributed by atoms with Crippen LogP contribution in [0.3, 0.4) is 0 Å². The van der Waals surface area contributed by atoms with Crippen molar-refractivity contribution in [3.05, 3.63) is 53.4 Å². The van der Waals surface area contributed by atoms with Crippen LogP contribution in [0.25, 0.3) is 10.8 Å². The van der Waals surface area contributed by atoms with E-state index in [2.05, 4.69) is 15.4 Å². The predicted molar refractivity (Wildman–Crippen MR) is 77.9 cm³/mol. The number of fused-ring (bicyclic) bond motifs is 1. The Hall–Kier alpha value is -2.40. The SMILES string of the molecule is Cn1nccc1NC(=O)c1cc2ccccc2c(Cl)n1. The maximum atomic E-state index is 12.2. The molecule has 0 spiro atoms. The molecule has 0 radical (unpaired) electrons. The molecule has 3 aromatic rings. The second-order valence-electron chi connectivity index (χ2n) is 4.31. The molecule has 1 aromatic carbocycles. The molecule has 0 saturated heterocycles. The third kappa shape index (κ3) is 2.23. The average molecular weight is 287 g/mol.